The number of anilines is 1. The van der Waals surface area contributed by atoms with Crippen molar-refractivity contribution < 1.29 is 57.9 Å². The third-order valence-corrected chi connectivity index (χ3v) is 12.5. The molecule has 5 rings (SSSR count). The topological polar surface area (TPSA) is 197 Å². The van der Waals surface area contributed by atoms with Crippen LogP contribution in [-0.2, 0) is 44.5 Å². The second kappa shape index (κ2) is 19.0. The molecule has 0 aromatic heterocycles. The zero-order chi connectivity index (χ0) is 43.4. The van der Waals surface area contributed by atoms with Gasteiger partial charge in [-0.05, 0) is 57.7 Å². The van der Waals surface area contributed by atoms with Crippen molar-refractivity contribution in [3.05, 3.63) is 46.5 Å². The molecule has 17 heteroatoms. The van der Waals surface area contributed by atoms with Crippen molar-refractivity contribution in [3.63, 3.8) is 0 Å². The molecule has 3 saturated heterocycles. The molecule has 0 saturated carbocycles. The number of alkyl carbamates (subject to hydrolysis) is 1. The van der Waals surface area contributed by atoms with Crippen LogP contribution < -0.4 is 15.0 Å². The van der Waals surface area contributed by atoms with Gasteiger partial charge >= 0.3 is 12.1 Å². The standard InChI is InChI=1S/C42H59ClN4O12/c1-24-13-12-14-31(56-8)42(54)23-30(57-40(53)44-42)25(2)38-41(4,59-38)32(22-36(51)46(6)28-20-27(19-24)21-29(55-7)37(28)43)58-39(52)26(3)45(5)33(48)15-10-9-11-18-47-34(49)16-17-35(47)50/h12-14,20-21,25-26,30-32,34,38,49,54H,9-11,15-19,22-23H2,1-8H3,(H,44,53). The van der Waals surface area contributed by atoms with E-state index in [2.05, 4.69) is 5.32 Å². The number of carbonyl (C=O) groups excluding carboxylic acids is 5. The predicted octanol–water partition coefficient (Wildman–Crippen LogP) is 4.02. The summed E-state index contributed by atoms with van der Waals surface area (Å²) in [5.41, 5.74) is -1.02. The number of esters is 1. The second-order valence-corrected chi connectivity index (χ2v) is 16.7. The number of epoxide rings is 1. The first-order valence-corrected chi connectivity index (χ1v) is 20.5. The number of aliphatic hydroxyl groups is 2. The molecule has 9 atom stereocenters. The van der Waals surface area contributed by atoms with Gasteiger partial charge in [0.25, 0.3) is 0 Å². The van der Waals surface area contributed by atoms with Crippen molar-refractivity contribution in [2.24, 2.45) is 5.92 Å². The molecule has 0 radical (unpaired) electrons. The summed E-state index contributed by atoms with van der Waals surface area (Å²) in [4.78, 5) is 70.3. The summed E-state index contributed by atoms with van der Waals surface area (Å²) < 4.78 is 29.3. The SMILES string of the molecule is COc1cc2cc(c1Cl)N(C)C(=O)CC(OC(=O)C(C)N(C)C(=O)CCCCCN1C(=O)CCC1O)C1(C)OC1C(C)C1CC(O)(NC(=O)O1)C(OC)C=CC=C(C)C2. The van der Waals surface area contributed by atoms with E-state index in [4.69, 9.17) is 35.3 Å². The number of benzene rings is 1. The van der Waals surface area contributed by atoms with E-state index in [1.54, 1.807) is 52.1 Å². The fourth-order valence-corrected chi connectivity index (χ4v) is 8.43. The predicted molar refractivity (Wildman–Crippen MR) is 216 cm³/mol. The lowest BCUT2D eigenvalue weighted by atomic mass is 9.83. The number of likely N-dealkylation sites (N-methyl/N-ethyl adjacent to an activating group) is 1. The van der Waals surface area contributed by atoms with Gasteiger partial charge in [-0.1, -0.05) is 48.7 Å². The lowest BCUT2D eigenvalue weighted by molar-refractivity contribution is -0.162. The molecule has 59 heavy (non-hydrogen) atoms. The van der Waals surface area contributed by atoms with Crippen LogP contribution in [0.4, 0.5) is 10.5 Å². The van der Waals surface area contributed by atoms with Gasteiger partial charge in [0.1, 0.15) is 47.0 Å². The van der Waals surface area contributed by atoms with Crippen LogP contribution in [0.1, 0.15) is 84.6 Å². The molecule has 4 amide bonds. The Morgan fingerprint density at radius 3 is 2.54 bits per heavy atom. The van der Waals surface area contributed by atoms with E-state index in [0.717, 1.165) is 11.1 Å². The zero-order valence-corrected chi connectivity index (χ0v) is 36.0. The Morgan fingerprint density at radius 1 is 1.15 bits per heavy atom. The Labute approximate surface area is 350 Å². The Morgan fingerprint density at radius 2 is 1.88 bits per heavy atom. The van der Waals surface area contributed by atoms with Gasteiger partial charge in [-0.15, -0.1) is 0 Å². The highest BCUT2D eigenvalue weighted by molar-refractivity contribution is 6.35. The third-order valence-electron chi connectivity index (χ3n) is 12.1. The average Bonchev–Trinajstić information content (AvgIpc) is 3.79. The highest BCUT2D eigenvalue weighted by Crippen LogP contribution is 2.49. The molecule has 4 bridgehead atoms. The van der Waals surface area contributed by atoms with Crippen LogP contribution in [0.5, 0.6) is 5.75 Å². The number of unbranched alkanes of at least 4 members (excludes halogenated alkanes) is 2. The molecule has 4 aliphatic rings. The quantitative estimate of drug-likeness (QED) is 0.165. The van der Waals surface area contributed by atoms with E-state index in [-0.39, 0.29) is 36.1 Å². The molecule has 326 valence electrons. The van der Waals surface area contributed by atoms with E-state index in [1.165, 1.54) is 36.0 Å². The summed E-state index contributed by atoms with van der Waals surface area (Å²) >= 11 is 6.78. The first kappa shape index (κ1) is 45.9. The number of allylic oxidation sites excluding steroid dienone is 3. The molecule has 3 N–H and O–H groups in total. The van der Waals surface area contributed by atoms with Crippen LogP contribution in [0, 0.1) is 5.92 Å². The number of ether oxygens (including phenoxy) is 5. The number of halogens is 1. The molecule has 4 heterocycles. The van der Waals surface area contributed by atoms with Gasteiger partial charge in [-0.25, -0.2) is 9.59 Å². The summed E-state index contributed by atoms with van der Waals surface area (Å²) in [5.74, 6) is -1.78. The summed E-state index contributed by atoms with van der Waals surface area (Å²) in [6.07, 6.45) is 2.65. The van der Waals surface area contributed by atoms with Gasteiger partial charge in [0.05, 0.1) is 25.3 Å². The van der Waals surface area contributed by atoms with Crippen LogP contribution in [0.15, 0.2) is 35.9 Å². The highest BCUT2D eigenvalue weighted by atomic mass is 35.5. The first-order valence-electron chi connectivity index (χ1n) is 20.2. The normalized spacial score (nSPS) is 30.5. The van der Waals surface area contributed by atoms with Crippen LogP contribution in [0.25, 0.3) is 0 Å². The number of rotatable bonds is 11. The van der Waals surface area contributed by atoms with Crippen LogP contribution >= 0.6 is 11.6 Å². The van der Waals surface area contributed by atoms with Crippen molar-refractivity contribution >= 4 is 47.1 Å². The summed E-state index contributed by atoms with van der Waals surface area (Å²) in [5, 5.41) is 24.5. The minimum atomic E-state index is -1.85. The van der Waals surface area contributed by atoms with Crippen molar-refractivity contribution in [3.8, 4) is 5.75 Å². The van der Waals surface area contributed by atoms with E-state index in [9.17, 15) is 34.2 Å². The lowest BCUT2D eigenvalue weighted by Gasteiger charge is -2.42. The van der Waals surface area contributed by atoms with Crippen LogP contribution in [-0.4, -0.2) is 133 Å². The largest absolute Gasteiger partial charge is 0.495 e. The molecular formula is C42H59ClN4O12. The van der Waals surface area contributed by atoms with Gasteiger partial charge in [-0.3, -0.25) is 19.7 Å². The second-order valence-electron chi connectivity index (χ2n) is 16.3. The number of aliphatic hydroxyl groups excluding tert-OH is 1. The van der Waals surface area contributed by atoms with E-state index in [1.807, 2.05) is 13.0 Å². The number of nitrogens with zero attached hydrogens (tertiary/aromatic N) is 3. The number of carbonyl (C=O) groups is 5. The summed E-state index contributed by atoms with van der Waals surface area (Å²) in [7, 11) is 5.98. The van der Waals surface area contributed by atoms with Crippen molar-refractivity contribution in [2.45, 2.75) is 133 Å². The minimum Gasteiger partial charge on any atom is -0.495 e. The number of hydrogen-bond acceptors (Lipinski definition) is 12. The molecule has 16 nitrogen and oxygen atoms in total. The Kier molecular flexibility index (Phi) is 14.8. The van der Waals surface area contributed by atoms with Gasteiger partial charge in [0.2, 0.25) is 17.7 Å². The summed E-state index contributed by atoms with van der Waals surface area (Å²) in [6, 6.07) is 2.53. The lowest BCUT2D eigenvalue weighted by Crippen LogP contribution is -2.63. The molecule has 0 spiro atoms. The Hall–Kier alpha value is -4.22. The number of methoxy groups -OCH3 is 2. The maximum atomic E-state index is 14.2. The number of likely N-dealkylation sites (tertiary alicyclic amines) is 1. The maximum Gasteiger partial charge on any atom is 0.409 e. The monoisotopic (exact) mass is 846 g/mol. The van der Waals surface area contributed by atoms with Crippen molar-refractivity contribution in [1.29, 1.82) is 0 Å². The average molecular weight is 847 g/mol. The molecule has 3 fully saturated rings. The van der Waals surface area contributed by atoms with Crippen LogP contribution in [0.2, 0.25) is 5.02 Å². The van der Waals surface area contributed by atoms with Gasteiger partial charge < -0.3 is 48.6 Å². The van der Waals surface area contributed by atoms with E-state index >= 15 is 0 Å². The number of nitrogens with one attached hydrogen (secondary N) is 1. The third kappa shape index (κ3) is 10.4. The Balaban J connectivity index is 1.38. The van der Waals surface area contributed by atoms with Gasteiger partial charge in [0.15, 0.2) is 5.72 Å². The molecule has 1 aromatic carbocycles. The number of amides is 4. The first-order chi connectivity index (χ1) is 27.8. The zero-order valence-electron chi connectivity index (χ0n) is 35.2. The van der Waals surface area contributed by atoms with Gasteiger partial charge in [0, 0.05) is 59.4 Å². The van der Waals surface area contributed by atoms with Gasteiger partial charge in [-0.2, -0.15) is 0 Å². The molecule has 9 unspecified atom stereocenters. The van der Waals surface area contributed by atoms with E-state index in [0.29, 0.717) is 56.5 Å². The molecule has 0 aliphatic carbocycles. The fourth-order valence-electron chi connectivity index (χ4n) is 8.12. The molecule has 4 aliphatic heterocycles. The fraction of sp³-hybridized carbons (Fsp3) is 0.643. The number of fused-ring (bicyclic) bond motifs is 5. The molecule has 1 aromatic rings. The van der Waals surface area contributed by atoms with E-state index < -0.39 is 71.9 Å². The molecular weight excluding hydrogens is 788 g/mol. The van der Waals surface area contributed by atoms with Crippen LogP contribution in [0.3, 0.4) is 0 Å². The highest BCUT2D eigenvalue weighted by Gasteiger charge is 2.64. The minimum absolute atomic E-state index is 0.0695. The summed E-state index contributed by atoms with van der Waals surface area (Å²) in [6.45, 7) is 7.36. The van der Waals surface area contributed by atoms with Crippen molar-refractivity contribution in [2.75, 3.05) is 39.8 Å². The maximum absolute atomic E-state index is 14.2. The Bertz CT molecular complexity index is 1820. The smallest absolute Gasteiger partial charge is 0.409 e. The number of hydrogen-bond donors (Lipinski definition) is 3. The van der Waals surface area contributed by atoms with Crippen molar-refractivity contribution in [1.82, 2.24) is 15.1 Å².